The Hall–Kier alpha value is -2.00. The lowest BCUT2D eigenvalue weighted by Gasteiger charge is -2.31. The van der Waals surface area contributed by atoms with Gasteiger partial charge in [-0.3, -0.25) is 0 Å². The van der Waals surface area contributed by atoms with E-state index < -0.39 is 0 Å². The molecule has 0 aliphatic carbocycles. The fraction of sp³-hybridized carbons (Fsp3) is 0.294. The maximum atomic E-state index is 5.40. The summed E-state index contributed by atoms with van der Waals surface area (Å²) in [5.74, 6) is 0.806. The molecule has 0 aromatic heterocycles. The Labute approximate surface area is 120 Å². The first-order valence-electron chi connectivity index (χ1n) is 6.75. The number of likely N-dealkylation sites (N-methyl/N-ethyl adjacent to an activating group) is 1. The van der Waals surface area contributed by atoms with Crippen LogP contribution in [0.3, 0.4) is 0 Å². The fourth-order valence-electron chi connectivity index (χ4n) is 2.21. The van der Waals surface area contributed by atoms with Crippen LogP contribution in [0.2, 0.25) is 0 Å². The van der Waals surface area contributed by atoms with Gasteiger partial charge in [0.05, 0.1) is 0 Å². The molecule has 20 heavy (non-hydrogen) atoms. The summed E-state index contributed by atoms with van der Waals surface area (Å²) < 4.78 is 10.3. The van der Waals surface area contributed by atoms with Gasteiger partial charge in [-0.2, -0.15) is 0 Å². The third-order valence-corrected chi connectivity index (χ3v) is 3.37. The van der Waals surface area contributed by atoms with Crippen molar-refractivity contribution in [2.24, 2.45) is 0 Å². The maximum absolute atomic E-state index is 5.40. The average Bonchev–Trinajstić information content (AvgIpc) is 2.48. The number of hydrogen-bond donors (Lipinski definition) is 0. The number of methoxy groups -OCH3 is 1. The largest absolute Gasteiger partial charge is 0.468 e. The van der Waals surface area contributed by atoms with Gasteiger partial charge >= 0.3 is 0 Å². The first kappa shape index (κ1) is 14.4. The predicted octanol–water partition coefficient (Wildman–Crippen LogP) is 3.81. The molecule has 2 rings (SSSR count). The Kier molecular flexibility index (Phi) is 4.64. The zero-order chi connectivity index (χ0) is 14.5. The summed E-state index contributed by atoms with van der Waals surface area (Å²) in [6, 6.07) is 8.02. The van der Waals surface area contributed by atoms with Crippen LogP contribution in [0.1, 0.15) is 19.4 Å². The van der Waals surface area contributed by atoms with Gasteiger partial charge in [-0.25, -0.2) is 0 Å². The fourth-order valence-corrected chi connectivity index (χ4v) is 2.21. The highest BCUT2D eigenvalue weighted by Gasteiger charge is 2.17. The van der Waals surface area contributed by atoms with E-state index in [9.17, 15) is 0 Å². The molecule has 0 N–H and O–H groups in total. The minimum absolute atomic E-state index is 0.266. The van der Waals surface area contributed by atoms with Crippen LogP contribution >= 0.6 is 0 Å². The number of ether oxygens (including phenoxy) is 2. The molecule has 0 bridgehead atoms. The molecule has 0 saturated heterocycles. The van der Waals surface area contributed by atoms with Crippen molar-refractivity contribution in [1.29, 1.82) is 0 Å². The lowest BCUT2D eigenvalue weighted by atomic mass is 10.0. The molecular weight excluding hydrogens is 250 g/mol. The van der Waals surface area contributed by atoms with Crippen LogP contribution < -0.4 is 4.74 Å². The standard InChI is InChI=1S/C17H21NO2/c1-5-18-14(3)13(2)6-11-17(18)15-7-9-16(10-8-15)20-12-19-4/h6-11H,3,5,12H2,1-2,4H3. The van der Waals surface area contributed by atoms with Crippen molar-refractivity contribution in [2.45, 2.75) is 13.8 Å². The van der Waals surface area contributed by atoms with Crippen molar-refractivity contribution in [2.75, 3.05) is 20.4 Å². The highest BCUT2D eigenvalue weighted by molar-refractivity contribution is 5.70. The zero-order valence-electron chi connectivity index (χ0n) is 12.3. The van der Waals surface area contributed by atoms with Crippen LogP contribution in [0, 0.1) is 0 Å². The first-order chi connectivity index (χ1) is 9.67. The molecule has 106 valence electrons. The van der Waals surface area contributed by atoms with E-state index in [0.717, 1.165) is 23.6 Å². The topological polar surface area (TPSA) is 21.7 Å². The van der Waals surface area contributed by atoms with E-state index in [0.29, 0.717) is 0 Å². The molecule has 1 heterocycles. The lowest BCUT2D eigenvalue weighted by Crippen LogP contribution is -2.23. The highest BCUT2D eigenvalue weighted by Crippen LogP contribution is 2.30. The third-order valence-electron chi connectivity index (χ3n) is 3.37. The second-order valence-electron chi connectivity index (χ2n) is 4.67. The summed E-state index contributed by atoms with van der Waals surface area (Å²) in [4.78, 5) is 2.22. The first-order valence-corrected chi connectivity index (χ1v) is 6.75. The average molecular weight is 271 g/mol. The molecule has 1 aromatic carbocycles. The molecule has 3 heteroatoms. The molecular formula is C17H21NO2. The van der Waals surface area contributed by atoms with Crippen LogP contribution in [0.5, 0.6) is 5.75 Å². The second-order valence-corrected chi connectivity index (χ2v) is 4.67. The van der Waals surface area contributed by atoms with Crippen molar-refractivity contribution in [3.63, 3.8) is 0 Å². The monoisotopic (exact) mass is 271 g/mol. The summed E-state index contributed by atoms with van der Waals surface area (Å²) in [6.07, 6.45) is 4.25. The molecule has 0 amide bonds. The van der Waals surface area contributed by atoms with Crippen LogP contribution in [0.4, 0.5) is 0 Å². The van der Waals surface area contributed by atoms with Crippen molar-refractivity contribution < 1.29 is 9.47 Å². The minimum atomic E-state index is 0.266. The van der Waals surface area contributed by atoms with Crippen LogP contribution in [0.25, 0.3) is 5.70 Å². The molecule has 1 aliphatic heterocycles. The van der Waals surface area contributed by atoms with E-state index in [4.69, 9.17) is 9.47 Å². The van der Waals surface area contributed by atoms with E-state index >= 15 is 0 Å². The molecule has 0 atom stereocenters. The van der Waals surface area contributed by atoms with Gasteiger partial charge in [-0.05, 0) is 55.3 Å². The Morgan fingerprint density at radius 1 is 1.15 bits per heavy atom. The van der Waals surface area contributed by atoms with E-state index in [2.05, 4.69) is 49.6 Å². The van der Waals surface area contributed by atoms with Gasteiger partial charge in [0.1, 0.15) is 5.75 Å². The summed E-state index contributed by atoms with van der Waals surface area (Å²) in [5.41, 5.74) is 4.59. The van der Waals surface area contributed by atoms with Crippen LogP contribution in [-0.4, -0.2) is 25.3 Å². The Morgan fingerprint density at radius 3 is 2.45 bits per heavy atom. The van der Waals surface area contributed by atoms with Crippen LogP contribution in [-0.2, 0) is 4.74 Å². The normalized spacial score (nSPS) is 14.9. The maximum Gasteiger partial charge on any atom is 0.188 e. The Morgan fingerprint density at radius 2 is 1.85 bits per heavy atom. The van der Waals surface area contributed by atoms with Gasteiger partial charge in [0.25, 0.3) is 0 Å². The predicted molar refractivity (Wildman–Crippen MR) is 82.2 cm³/mol. The number of benzene rings is 1. The Bertz CT molecular complexity index is 541. The lowest BCUT2D eigenvalue weighted by molar-refractivity contribution is 0.0511. The smallest absolute Gasteiger partial charge is 0.188 e. The molecule has 1 aromatic rings. The van der Waals surface area contributed by atoms with Crippen molar-refractivity contribution in [3.8, 4) is 5.75 Å². The number of nitrogens with zero attached hydrogens (tertiary/aromatic N) is 1. The summed E-state index contributed by atoms with van der Waals surface area (Å²) in [7, 11) is 1.61. The van der Waals surface area contributed by atoms with Gasteiger partial charge in [0, 0.05) is 25.0 Å². The molecule has 0 saturated carbocycles. The molecule has 0 unspecified atom stereocenters. The number of rotatable bonds is 5. The molecule has 0 fully saturated rings. The minimum Gasteiger partial charge on any atom is -0.468 e. The van der Waals surface area contributed by atoms with E-state index in [-0.39, 0.29) is 6.79 Å². The molecule has 1 aliphatic rings. The third kappa shape index (κ3) is 2.94. The van der Waals surface area contributed by atoms with E-state index in [1.807, 2.05) is 12.1 Å². The Balaban J connectivity index is 2.24. The highest BCUT2D eigenvalue weighted by atomic mass is 16.7. The van der Waals surface area contributed by atoms with Gasteiger partial charge in [-0.15, -0.1) is 0 Å². The van der Waals surface area contributed by atoms with Gasteiger partial charge < -0.3 is 14.4 Å². The summed E-state index contributed by atoms with van der Waals surface area (Å²) in [5, 5.41) is 0. The van der Waals surface area contributed by atoms with Crippen LogP contribution in [0.15, 0.2) is 54.3 Å². The van der Waals surface area contributed by atoms with Gasteiger partial charge in [0.2, 0.25) is 0 Å². The quantitative estimate of drug-likeness (QED) is 0.760. The van der Waals surface area contributed by atoms with Crippen molar-refractivity contribution in [3.05, 3.63) is 59.8 Å². The summed E-state index contributed by atoms with van der Waals surface area (Å²) in [6.45, 7) is 9.54. The molecule has 3 nitrogen and oxygen atoms in total. The number of hydrogen-bond acceptors (Lipinski definition) is 3. The molecule has 0 radical (unpaired) electrons. The summed E-state index contributed by atoms with van der Waals surface area (Å²) >= 11 is 0. The van der Waals surface area contributed by atoms with E-state index in [1.165, 1.54) is 11.3 Å². The van der Waals surface area contributed by atoms with Crippen molar-refractivity contribution in [1.82, 2.24) is 4.90 Å². The van der Waals surface area contributed by atoms with Gasteiger partial charge in [0.15, 0.2) is 6.79 Å². The second kappa shape index (κ2) is 6.44. The van der Waals surface area contributed by atoms with Crippen molar-refractivity contribution >= 4 is 5.70 Å². The molecule has 0 spiro atoms. The van der Waals surface area contributed by atoms with E-state index in [1.54, 1.807) is 7.11 Å². The zero-order valence-corrected chi connectivity index (χ0v) is 12.3. The SMILES string of the molecule is C=C1C(C)=CC=C(c2ccc(OCOC)cc2)N1CC. The van der Waals surface area contributed by atoms with Gasteiger partial charge in [-0.1, -0.05) is 12.7 Å². The number of allylic oxidation sites excluding steroid dienone is 3.